The predicted octanol–water partition coefficient (Wildman–Crippen LogP) is 2.46. The average Bonchev–Trinajstić information content (AvgIpc) is 2.34. The van der Waals surface area contributed by atoms with Crippen molar-refractivity contribution in [2.75, 3.05) is 7.05 Å². The molecule has 0 radical (unpaired) electrons. The highest BCUT2D eigenvalue weighted by Gasteiger charge is 2.38. The molecule has 0 aliphatic heterocycles. The van der Waals surface area contributed by atoms with Crippen molar-refractivity contribution in [2.24, 2.45) is 0 Å². The van der Waals surface area contributed by atoms with Crippen LogP contribution in [0.1, 0.15) is 53.9 Å². The van der Waals surface area contributed by atoms with Gasteiger partial charge in [0.05, 0.1) is 0 Å². The molecule has 0 rings (SSSR count). The molecule has 0 bridgehead atoms. The Morgan fingerprint density at radius 3 is 1.83 bits per heavy atom. The van der Waals surface area contributed by atoms with Crippen LogP contribution in [0.2, 0.25) is 0 Å². The van der Waals surface area contributed by atoms with Crippen LogP contribution < -0.4 is 5.32 Å². The maximum Gasteiger partial charge on any atom is 0.329 e. The molecule has 0 aliphatic rings. The van der Waals surface area contributed by atoms with E-state index < -0.39 is 11.5 Å². The highest BCUT2D eigenvalue weighted by atomic mass is 16.4. The number of hydrogen-bond acceptors (Lipinski definition) is 2. The SMILES string of the molecule is CCC(CC)(NC(=O)N(C)C(C)(C)CC)C(=O)O. The third-order valence-electron chi connectivity index (χ3n) is 4.04. The van der Waals surface area contributed by atoms with Crippen LogP contribution in [-0.2, 0) is 4.79 Å². The van der Waals surface area contributed by atoms with Crippen molar-refractivity contribution in [1.29, 1.82) is 0 Å². The first kappa shape index (κ1) is 16.7. The molecule has 0 saturated carbocycles. The Hall–Kier alpha value is -1.26. The van der Waals surface area contributed by atoms with Crippen LogP contribution in [0.3, 0.4) is 0 Å². The first-order valence-corrected chi connectivity index (χ1v) is 6.46. The smallest absolute Gasteiger partial charge is 0.329 e. The molecular formula is C13H26N2O3. The van der Waals surface area contributed by atoms with E-state index in [1.165, 1.54) is 0 Å². The van der Waals surface area contributed by atoms with E-state index in [1.807, 2.05) is 20.8 Å². The van der Waals surface area contributed by atoms with Crippen molar-refractivity contribution in [3.05, 3.63) is 0 Å². The highest BCUT2D eigenvalue weighted by molar-refractivity contribution is 5.86. The lowest BCUT2D eigenvalue weighted by Gasteiger charge is -2.38. The van der Waals surface area contributed by atoms with Crippen molar-refractivity contribution >= 4 is 12.0 Å². The van der Waals surface area contributed by atoms with Crippen LogP contribution in [0.4, 0.5) is 4.79 Å². The summed E-state index contributed by atoms with van der Waals surface area (Å²) in [5.41, 5.74) is -1.47. The normalized spacial score (nSPS) is 12.1. The number of urea groups is 1. The number of carbonyl (C=O) groups excluding carboxylic acids is 1. The summed E-state index contributed by atoms with van der Waals surface area (Å²) in [5.74, 6) is -0.983. The van der Waals surface area contributed by atoms with Crippen LogP contribution in [0.5, 0.6) is 0 Å². The van der Waals surface area contributed by atoms with Gasteiger partial charge in [0.25, 0.3) is 0 Å². The van der Waals surface area contributed by atoms with E-state index >= 15 is 0 Å². The van der Waals surface area contributed by atoms with E-state index in [2.05, 4.69) is 5.32 Å². The lowest BCUT2D eigenvalue weighted by molar-refractivity contribution is -0.144. The number of carboxylic acids is 1. The van der Waals surface area contributed by atoms with Crippen molar-refractivity contribution in [3.8, 4) is 0 Å². The maximum atomic E-state index is 12.1. The van der Waals surface area contributed by atoms with E-state index in [-0.39, 0.29) is 11.6 Å². The van der Waals surface area contributed by atoms with Crippen LogP contribution in [0.15, 0.2) is 0 Å². The molecule has 2 amide bonds. The zero-order valence-corrected chi connectivity index (χ0v) is 12.3. The molecule has 0 unspecified atom stereocenters. The Balaban J connectivity index is 4.98. The van der Waals surface area contributed by atoms with Gasteiger partial charge < -0.3 is 15.3 Å². The summed E-state index contributed by atoms with van der Waals surface area (Å²) in [6.45, 7) is 9.43. The molecule has 2 N–H and O–H groups in total. The summed E-state index contributed by atoms with van der Waals surface area (Å²) in [7, 11) is 1.69. The van der Waals surface area contributed by atoms with Crippen molar-refractivity contribution in [2.45, 2.75) is 65.0 Å². The Labute approximate surface area is 110 Å². The third kappa shape index (κ3) is 3.37. The highest BCUT2D eigenvalue weighted by Crippen LogP contribution is 2.20. The number of aliphatic carboxylic acids is 1. The lowest BCUT2D eigenvalue weighted by atomic mass is 9.93. The molecule has 0 saturated heterocycles. The van der Waals surface area contributed by atoms with E-state index in [0.717, 1.165) is 6.42 Å². The van der Waals surface area contributed by atoms with E-state index in [9.17, 15) is 14.7 Å². The molecule has 0 aromatic rings. The lowest BCUT2D eigenvalue weighted by Crippen LogP contribution is -2.59. The van der Waals surface area contributed by atoms with Gasteiger partial charge in [0, 0.05) is 12.6 Å². The molecule has 0 fully saturated rings. The fourth-order valence-corrected chi connectivity index (χ4v) is 1.58. The van der Waals surface area contributed by atoms with Crippen LogP contribution in [0, 0.1) is 0 Å². The molecule has 18 heavy (non-hydrogen) atoms. The number of nitrogens with one attached hydrogen (secondary N) is 1. The topological polar surface area (TPSA) is 69.6 Å². The number of hydrogen-bond donors (Lipinski definition) is 2. The zero-order valence-electron chi connectivity index (χ0n) is 12.3. The Kier molecular flexibility index (Phi) is 5.64. The number of rotatable bonds is 6. The van der Waals surface area contributed by atoms with Gasteiger partial charge in [0.15, 0.2) is 0 Å². The number of carbonyl (C=O) groups is 2. The fourth-order valence-electron chi connectivity index (χ4n) is 1.58. The minimum atomic E-state index is -1.17. The minimum absolute atomic E-state index is 0.296. The zero-order chi connectivity index (χ0) is 14.6. The van der Waals surface area contributed by atoms with E-state index in [0.29, 0.717) is 12.8 Å². The van der Waals surface area contributed by atoms with E-state index in [1.54, 1.807) is 25.8 Å². The number of amides is 2. The van der Waals surface area contributed by atoms with Gasteiger partial charge >= 0.3 is 12.0 Å². The third-order valence-corrected chi connectivity index (χ3v) is 4.04. The second-order valence-electron chi connectivity index (χ2n) is 5.25. The van der Waals surface area contributed by atoms with Crippen molar-refractivity contribution < 1.29 is 14.7 Å². The monoisotopic (exact) mass is 258 g/mol. The van der Waals surface area contributed by atoms with Gasteiger partial charge in [-0.2, -0.15) is 0 Å². The van der Waals surface area contributed by atoms with Gasteiger partial charge in [-0.05, 0) is 33.1 Å². The first-order chi connectivity index (χ1) is 8.16. The quantitative estimate of drug-likeness (QED) is 0.769. The fraction of sp³-hybridized carbons (Fsp3) is 0.846. The molecule has 0 heterocycles. The average molecular weight is 258 g/mol. The standard InChI is InChI=1S/C13H26N2O3/c1-7-12(4,5)15(6)11(18)14-13(8-2,9-3)10(16)17/h7-9H2,1-6H3,(H,14,18)(H,16,17). The van der Waals surface area contributed by atoms with Crippen LogP contribution >= 0.6 is 0 Å². The molecule has 0 aliphatic carbocycles. The van der Waals surface area contributed by atoms with Crippen molar-refractivity contribution in [1.82, 2.24) is 10.2 Å². The predicted molar refractivity (Wildman–Crippen MR) is 71.6 cm³/mol. The van der Waals surface area contributed by atoms with Gasteiger partial charge in [0.1, 0.15) is 5.54 Å². The van der Waals surface area contributed by atoms with Gasteiger partial charge in [-0.1, -0.05) is 20.8 Å². The van der Waals surface area contributed by atoms with Gasteiger partial charge in [-0.15, -0.1) is 0 Å². The molecule has 0 aromatic heterocycles. The summed E-state index contributed by atoms with van der Waals surface area (Å²) in [4.78, 5) is 25.0. The molecule has 0 spiro atoms. The summed E-state index contributed by atoms with van der Waals surface area (Å²) in [6.07, 6.45) is 1.53. The molecule has 5 heteroatoms. The Morgan fingerprint density at radius 1 is 1.11 bits per heavy atom. The Morgan fingerprint density at radius 2 is 1.56 bits per heavy atom. The summed E-state index contributed by atoms with van der Waals surface area (Å²) < 4.78 is 0. The molecule has 5 nitrogen and oxygen atoms in total. The second-order valence-corrected chi connectivity index (χ2v) is 5.25. The van der Waals surface area contributed by atoms with Crippen LogP contribution in [-0.4, -0.2) is 40.1 Å². The summed E-state index contributed by atoms with van der Waals surface area (Å²) in [5, 5.41) is 11.9. The molecule has 0 aromatic carbocycles. The number of nitrogens with zero attached hydrogens (tertiary/aromatic N) is 1. The molecule has 106 valence electrons. The van der Waals surface area contributed by atoms with Crippen molar-refractivity contribution in [3.63, 3.8) is 0 Å². The molecular weight excluding hydrogens is 232 g/mol. The molecule has 0 atom stereocenters. The summed E-state index contributed by atoms with van der Waals surface area (Å²) >= 11 is 0. The number of carboxylic acid groups (broad SMARTS) is 1. The summed E-state index contributed by atoms with van der Waals surface area (Å²) in [6, 6.07) is -0.340. The largest absolute Gasteiger partial charge is 0.480 e. The van der Waals surface area contributed by atoms with Gasteiger partial charge in [0.2, 0.25) is 0 Å². The maximum absolute atomic E-state index is 12.1. The Bertz CT molecular complexity index is 309. The second kappa shape index (κ2) is 6.07. The van der Waals surface area contributed by atoms with Gasteiger partial charge in [-0.3, -0.25) is 0 Å². The minimum Gasteiger partial charge on any atom is -0.480 e. The van der Waals surface area contributed by atoms with Crippen LogP contribution in [0.25, 0.3) is 0 Å². The van der Waals surface area contributed by atoms with E-state index in [4.69, 9.17) is 0 Å². The first-order valence-electron chi connectivity index (χ1n) is 6.46. The van der Waals surface area contributed by atoms with Gasteiger partial charge in [-0.25, -0.2) is 9.59 Å².